The third kappa shape index (κ3) is 4.76. The van der Waals surface area contributed by atoms with Crippen LogP contribution < -0.4 is 5.73 Å². The van der Waals surface area contributed by atoms with Crippen molar-refractivity contribution in [1.82, 2.24) is 9.80 Å². The van der Waals surface area contributed by atoms with E-state index in [1.807, 2.05) is 11.0 Å². The molecule has 1 amide bonds. The zero-order valence-corrected chi connectivity index (χ0v) is 11.3. The van der Waals surface area contributed by atoms with E-state index < -0.39 is 0 Å². The molecule has 0 spiro atoms. The van der Waals surface area contributed by atoms with Gasteiger partial charge in [0.05, 0.1) is 6.04 Å². The Bertz CT molecular complexity index is 263. The average Bonchev–Trinajstić information content (AvgIpc) is 2.39. The lowest BCUT2D eigenvalue weighted by Crippen LogP contribution is -2.53. The second kappa shape index (κ2) is 8.24. The smallest absolute Gasteiger partial charge is 0.239 e. The Morgan fingerprint density at radius 2 is 2.11 bits per heavy atom. The van der Waals surface area contributed by atoms with E-state index in [2.05, 4.69) is 11.5 Å². The Balaban J connectivity index is 2.28. The van der Waals surface area contributed by atoms with Crippen LogP contribution in [0.1, 0.15) is 12.8 Å². The first-order valence-electron chi connectivity index (χ1n) is 6.55. The van der Waals surface area contributed by atoms with Crippen LogP contribution in [-0.2, 0) is 9.53 Å². The van der Waals surface area contributed by atoms with Gasteiger partial charge in [0.15, 0.2) is 0 Å². The molecule has 5 heteroatoms. The first-order valence-corrected chi connectivity index (χ1v) is 6.55. The topological polar surface area (TPSA) is 58.8 Å². The summed E-state index contributed by atoms with van der Waals surface area (Å²) in [5.41, 5.74) is 5.91. The number of nitrogens with two attached hydrogens (primary N) is 1. The molecule has 0 aromatic carbocycles. The van der Waals surface area contributed by atoms with Gasteiger partial charge < -0.3 is 15.4 Å². The van der Waals surface area contributed by atoms with Crippen LogP contribution in [0.15, 0.2) is 12.7 Å². The maximum absolute atomic E-state index is 12.1. The predicted molar refractivity (Wildman–Crippen MR) is 72.3 cm³/mol. The van der Waals surface area contributed by atoms with Gasteiger partial charge in [0.1, 0.15) is 0 Å². The molecule has 0 bridgehead atoms. The van der Waals surface area contributed by atoms with Gasteiger partial charge >= 0.3 is 0 Å². The molecule has 1 saturated heterocycles. The number of ether oxygens (including phenoxy) is 1. The van der Waals surface area contributed by atoms with Crippen molar-refractivity contribution >= 4 is 5.91 Å². The number of rotatable bonds is 7. The molecule has 5 nitrogen and oxygen atoms in total. The fraction of sp³-hybridized carbons (Fsp3) is 0.769. The highest BCUT2D eigenvalue weighted by Gasteiger charge is 2.24. The zero-order valence-electron chi connectivity index (χ0n) is 11.3. The van der Waals surface area contributed by atoms with Crippen molar-refractivity contribution < 1.29 is 9.53 Å². The highest BCUT2D eigenvalue weighted by atomic mass is 16.5. The molecule has 1 aliphatic heterocycles. The molecule has 1 heterocycles. The molecule has 0 aromatic rings. The minimum Gasteiger partial charge on any atom is -0.385 e. The van der Waals surface area contributed by atoms with Crippen molar-refractivity contribution in [3.05, 3.63) is 12.7 Å². The largest absolute Gasteiger partial charge is 0.385 e. The van der Waals surface area contributed by atoms with E-state index in [4.69, 9.17) is 10.5 Å². The molecule has 18 heavy (non-hydrogen) atoms. The summed E-state index contributed by atoms with van der Waals surface area (Å²) in [4.78, 5) is 16.2. The Labute approximate surface area is 110 Å². The SMILES string of the molecule is C=CCN1CCN(C(=O)C(N)CCCOC)CC1. The lowest BCUT2D eigenvalue weighted by molar-refractivity contribution is -0.134. The van der Waals surface area contributed by atoms with E-state index in [1.54, 1.807) is 7.11 Å². The average molecular weight is 255 g/mol. The van der Waals surface area contributed by atoms with Crippen molar-refractivity contribution in [2.45, 2.75) is 18.9 Å². The van der Waals surface area contributed by atoms with Gasteiger partial charge in [-0.25, -0.2) is 0 Å². The summed E-state index contributed by atoms with van der Waals surface area (Å²) >= 11 is 0. The molecule has 2 N–H and O–H groups in total. The summed E-state index contributed by atoms with van der Waals surface area (Å²) in [6.45, 7) is 8.62. The first-order chi connectivity index (χ1) is 8.69. The third-order valence-corrected chi connectivity index (χ3v) is 3.25. The second-order valence-corrected chi connectivity index (χ2v) is 4.66. The molecule has 1 atom stereocenters. The standard InChI is InChI=1S/C13H25N3O2/c1-3-6-15-7-9-16(10-8-15)13(17)12(14)5-4-11-18-2/h3,12H,1,4-11,14H2,2H3. The van der Waals surface area contributed by atoms with Gasteiger partial charge in [-0.05, 0) is 12.8 Å². The minimum atomic E-state index is -0.383. The number of nitrogens with zero attached hydrogens (tertiary/aromatic N) is 2. The number of piperazine rings is 1. The van der Waals surface area contributed by atoms with Gasteiger partial charge in [0.25, 0.3) is 0 Å². The van der Waals surface area contributed by atoms with E-state index in [0.717, 1.165) is 39.1 Å². The fourth-order valence-electron chi connectivity index (χ4n) is 2.14. The lowest BCUT2D eigenvalue weighted by Gasteiger charge is -2.35. The van der Waals surface area contributed by atoms with Crippen LogP contribution in [0.5, 0.6) is 0 Å². The predicted octanol–water partition coefficient (Wildman–Crippen LogP) is 0.0705. The van der Waals surface area contributed by atoms with Gasteiger partial charge in [0, 0.05) is 46.4 Å². The summed E-state index contributed by atoms with van der Waals surface area (Å²) in [7, 11) is 1.66. The third-order valence-electron chi connectivity index (χ3n) is 3.25. The van der Waals surface area contributed by atoms with E-state index in [1.165, 1.54) is 0 Å². The first kappa shape index (κ1) is 15.1. The van der Waals surface area contributed by atoms with E-state index >= 15 is 0 Å². The molecule has 1 rings (SSSR count). The van der Waals surface area contributed by atoms with Crippen LogP contribution in [0.2, 0.25) is 0 Å². The molecule has 1 fully saturated rings. The van der Waals surface area contributed by atoms with Crippen molar-refractivity contribution in [2.75, 3.05) is 46.4 Å². The zero-order chi connectivity index (χ0) is 13.4. The monoisotopic (exact) mass is 255 g/mol. The Morgan fingerprint density at radius 3 is 2.67 bits per heavy atom. The molecule has 0 saturated carbocycles. The fourth-order valence-corrected chi connectivity index (χ4v) is 2.14. The van der Waals surface area contributed by atoms with Gasteiger partial charge in [-0.1, -0.05) is 6.08 Å². The summed E-state index contributed by atoms with van der Waals surface area (Å²) in [6.07, 6.45) is 3.42. The Kier molecular flexibility index (Phi) is 6.93. The number of amides is 1. The number of hydrogen-bond acceptors (Lipinski definition) is 4. The molecular weight excluding hydrogens is 230 g/mol. The van der Waals surface area contributed by atoms with Crippen molar-refractivity contribution in [3.63, 3.8) is 0 Å². The van der Waals surface area contributed by atoms with Crippen LogP contribution >= 0.6 is 0 Å². The van der Waals surface area contributed by atoms with Crippen LogP contribution in [0.3, 0.4) is 0 Å². The van der Waals surface area contributed by atoms with Crippen molar-refractivity contribution in [1.29, 1.82) is 0 Å². The summed E-state index contributed by atoms with van der Waals surface area (Å²) < 4.78 is 4.96. The molecule has 1 unspecified atom stereocenters. The minimum absolute atomic E-state index is 0.0735. The number of hydrogen-bond donors (Lipinski definition) is 1. The van der Waals surface area contributed by atoms with Crippen LogP contribution in [0.25, 0.3) is 0 Å². The highest BCUT2D eigenvalue weighted by Crippen LogP contribution is 2.06. The molecule has 1 aliphatic rings. The molecule has 0 radical (unpaired) electrons. The van der Waals surface area contributed by atoms with Gasteiger partial charge in [-0.15, -0.1) is 6.58 Å². The van der Waals surface area contributed by atoms with Gasteiger partial charge in [-0.3, -0.25) is 9.69 Å². The molecular formula is C13H25N3O2. The second-order valence-electron chi connectivity index (χ2n) is 4.66. The van der Waals surface area contributed by atoms with Gasteiger partial charge in [0.2, 0.25) is 5.91 Å². The molecule has 0 aliphatic carbocycles. The normalized spacial score (nSPS) is 18.7. The maximum Gasteiger partial charge on any atom is 0.239 e. The molecule has 0 aromatic heterocycles. The Hall–Kier alpha value is -0.910. The van der Waals surface area contributed by atoms with Crippen LogP contribution in [0, 0.1) is 0 Å². The quantitative estimate of drug-likeness (QED) is 0.517. The lowest BCUT2D eigenvalue weighted by atomic mass is 10.1. The van der Waals surface area contributed by atoms with Crippen molar-refractivity contribution in [2.24, 2.45) is 5.73 Å². The number of carbonyl (C=O) groups is 1. The summed E-state index contributed by atoms with van der Waals surface area (Å²) in [5, 5.41) is 0. The van der Waals surface area contributed by atoms with E-state index in [0.29, 0.717) is 13.0 Å². The van der Waals surface area contributed by atoms with Crippen LogP contribution in [0.4, 0.5) is 0 Å². The number of methoxy groups -OCH3 is 1. The van der Waals surface area contributed by atoms with E-state index in [-0.39, 0.29) is 11.9 Å². The summed E-state index contributed by atoms with van der Waals surface area (Å²) in [6, 6.07) is -0.383. The summed E-state index contributed by atoms with van der Waals surface area (Å²) in [5.74, 6) is 0.0735. The Morgan fingerprint density at radius 1 is 1.44 bits per heavy atom. The van der Waals surface area contributed by atoms with E-state index in [9.17, 15) is 4.79 Å². The highest BCUT2D eigenvalue weighted by molar-refractivity contribution is 5.81. The van der Waals surface area contributed by atoms with Crippen molar-refractivity contribution in [3.8, 4) is 0 Å². The number of carbonyl (C=O) groups excluding carboxylic acids is 1. The maximum atomic E-state index is 12.1. The molecule has 104 valence electrons. The van der Waals surface area contributed by atoms with Gasteiger partial charge in [-0.2, -0.15) is 0 Å². The van der Waals surface area contributed by atoms with Crippen LogP contribution in [-0.4, -0.2) is 68.2 Å².